The molecule has 0 bridgehead atoms. The van der Waals surface area contributed by atoms with Gasteiger partial charge in [0.2, 0.25) is 0 Å². The molecule has 3 aromatic rings. The molecule has 0 saturated carbocycles. The maximum Gasteiger partial charge on any atom is 0.262 e. The van der Waals surface area contributed by atoms with Gasteiger partial charge in [0, 0.05) is 16.9 Å². The van der Waals surface area contributed by atoms with E-state index in [0.717, 1.165) is 6.07 Å². The highest BCUT2D eigenvalue weighted by Gasteiger charge is 2.14. The zero-order valence-electron chi connectivity index (χ0n) is 18.0. The van der Waals surface area contributed by atoms with Gasteiger partial charge < -0.3 is 24.8 Å². The third kappa shape index (κ3) is 6.60. The lowest BCUT2D eigenvalue weighted by molar-refractivity contribution is -0.118. The summed E-state index contributed by atoms with van der Waals surface area (Å²) in [6, 6.07) is 15.4. The molecule has 0 aliphatic carbocycles. The standard InChI is InChI=1S/C24H22ClFN2O5/c1-3-32-18-8-5-16(6-9-18)27-23(29)14-33-21-11-4-15(12-22(21)31-2)24(30)28-17-7-10-20(26)19(25)13-17/h4-13H,3,14H2,1-2H3,(H,27,29)(H,28,30). The van der Waals surface area contributed by atoms with Crippen molar-refractivity contribution < 1.29 is 28.2 Å². The average Bonchev–Trinajstić information content (AvgIpc) is 2.81. The van der Waals surface area contributed by atoms with Crippen LogP contribution in [0.2, 0.25) is 5.02 Å². The van der Waals surface area contributed by atoms with Crippen LogP contribution >= 0.6 is 11.6 Å². The first-order valence-electron chi connectivity index (χ1n) is 9.99. The number of halogens is 2. The lowest BCUT2D eigenvalue weighted by Gasteiger charge is -2.13. The quantitative estimate of drug-likeness (QED) is 0.449. The number of ether oxygens (including phenoxy) is 3. The second kappa shape index (κ2) is 11.2. The molecule has 0 aromatic heterocycles. The van der Waals surface area contributed by atoms with E-state index in [2.05, 4.69) is 10.6 Å². The summed E-state index contributed by atoms with van der Waals surface area (Å²) in [4.78, 5) is 24.7. The summed E-state index contributed by atoms with van der Waals surface area (Å²) in [5.41, 5.74) is 1.22. The van der Waals surface area contributed by atoms with Gasteiger partial charge >= 0.3 is 0 Å². The second-order valence-corrected chi connectivity index (χ2v) is 7.15. The van der Waals surface area contributed by atoms with Gasteiger partial charge in [-0.25, -0.2) is 4.39 Å². The largest absolute Gasteiger partial charge is 0.494 e. The zero-order chi connectivity index (χ0) is 23.8. The molecule has 0 heterocycles. The molecule has 0 atom stereocenters. The Kier molecular flexibility index (Phi) is 8.10. The molecule has 7 nitrogen and oxygen atoms in total. The van der Waals surface area contributed by atoms with Gasteiger partial charge in [0.05, 0.1) is 18.7 Å². The molecule has 0 unspecified atom stereocenters. The number of amides is 2. The van der Waals surface area contributed by atoms with Crippen LogP contribution in [0.1, 0.15) is 17.3 Å². The number of benzene rings is 3. The van der Waals surface area contributed by atoms with Crippen molar-refractivity contribution in [1.82, 2.24) is 0 Å². The lowest BCUT2D eigenvalue weighted by Crippen LogP contribution is -2.20. The molecule has 3 aromatic carbocycles. The number of nitrogens with one attached hydrogen (secondary N) is 2. The van der Waals surface area contributed by atoms with Gasteiger partial charge in [-0.1, -0.05) is 11.6 Å². The molecular formula is C24H22ClFN2O5. The minimum absolute atomic E-state index is 0.0994. The van der Waals surface area contributed by atoms with Crippen molar-refractivity contribution in [2.45, 2.75) is 6.92 Å². The van der Waals surface area contributed by atoms with E-state index in [-0.39, 0.29) is 28.8 Å². The molecule has 2 amide bonds. The molecule has 0 radical (unpaired) electrons. The summed E-state index contributed by atoms with van der Waals surface area (Å²) in [6.07, 6.45) is 0. The molecule has 2 N–H and O–H groups in total. The number of carbonyl (C=O) groups excluding carboxylic acids is 2. The van der Waals surface area contributed by atoms with Gasteiger partial charge in [0.25, 0.3) is 11.8 Å². The molecule has 3 rings (SSSR count). The highest BCUT2D eigenvalue weighted by molar-refractivity contribution is 6.31. The van der Waals surface area contributed by atoms with Gasteiger partial charge in [-0.3, -0.25) is 9.59 Å². The van der Waals surface area contributed by atoms with Crippen LogP contribution in [0.5, 0.6) is 17.2 Å². The Labute approximate surface area is 195 Å². The monoisotopic (exact) mass is 472 g/mol. The molecule has 33 heavy (non-hydrogen) atoms. The van der Waals surface area contributed by atoms with Gasteiger partial charge in [0.1, 0.15) is 11.6 Å². The molecule has 172 valence electrons. The first-order valence-corrected chi connectivity index (χ1v) is 10.4. The number of anilines is 2. The van der Waals surface area contributed by atoms with Gasteiger partial charge in [-0.2, -0.15) is 0 Å². The fourth-order valence-corrected chi connectivity index (χ4v) is 3.03. The Bertz CT molecular complexity index is 1140. The van der Waals surface area contributed by atoms with Gasteiger partial charge in [0.15, 0.2) is 18.1 Å². The Hall–Kier alpha value is -3.78. The highest BCUT2D eigenvalue weighted by atomic mass is 35.5. The second-order valence-electron chi connectivity index (χ2n) is 6.74. The van der Waals surface area contributed by atoms with E-state index in [1.54, 1.807) is 24.3 Å². The minimum atomic E-state index is -0.579. The van der Waals surface area contributed by atoms with E-state index in [1.807, 2.05) is 6.92 Å². The topological polar surface area (TPSA) is 85.9 Å². The van der Waals surface area contributed by atoms with Crippen molar-refractivity contribution in [2.75, 3.05) is 31.0 Å². The summed E-state index contributed by atoms with van der Waals surface area (Å²) < 4.78 is 29.5. The third-order valence-electron chi connectivity index (χ3n) is 4.41. The summed E-state index contributed by atoms with van der Waals surface area (Å²) >= 11 is 5.74. The van der Waals surface area contributed by atoms with Gasteiger partial charge in [-0.15, -0.1) is 0 Å². The Morgan fingerprint density at radius 1 is 0.909 bits per heavy atom. The van der Waals surface area contributed by atoms with Crippen LogP contribution in [0.4, 0.5) is 15.8 Å². The van der Waals surface area contributed by atoms with Crippen molar-refractivity contribution in [3.63, 3.8) is 0 Å². The van der Waals surface area contributed by atoms with Crippen molar-refractivity contribution >= 4 is 34.8 Å². The van der Waals surface area contributed by atoms with Crippen LogP contribution in [0.25, 0.3) is 0 Å². The maximum absolute atomic E-state index is 13.3. The molecule has 9 heteroatoms. The normalized spacial score (nSPS) is 10.3. The fraction of sp³-hybridized carbons (Fsp3) is 0.167. The molecular weight excluding hydrogens is 451 g/mol. The van der Waals surface area contributed by atoms with Gasteiger partial charge in [-0.05, 0) is 67.6 Å². The number of rotatable bonds is 9. The first kappa shape index (κ1) is 23.9. The third-order valence-corrected chi connectivity index (χ3v) is 4.70. The SMILES string of the molecule is CCOc1ccc(NC(=O)COc2ccc(C(=O)Nc3ccc(F)c(Cl)c3)cc2OC)cc1. The van der Waals surface area contributed by atoms with Crippen LogP contribution in [0, 0.1) is 5.82 Å². The van der Waals surface area contributed by atoms with Crippen LogP contribution in [-0.4, -0.2) is 32.1 Å². The molecule has 0 spiro atoms. The van der Waals surface area contributed by atoms with E-state index in [1.165, 1.54) is 37.4 Å². The minimum Gasteiger partial charge on any atom is -0.494 e. The van der Waals surface area contributed by atoms with Crippen molar-refractivity contribution in [3.8, 4) is 17.2 Å². The zero-order valence-corrected chi connectivity index (χ0v) is 18.7. The maximum atomic E-state index is 13.3. The summed E-state index contributed by atoms with van der Waals surface area (Å²) in [5, 5.41) is 5.25. The lowest BCUT2D eigenvalue weighted by atomic mass is 10.2. The first-order chi connectivity index (χ1) is 15.9. The Morgan fingerprint density at radius 3 is 2.30 bits per heavy atom. The summed E-state index contributed by atoms with van der Waals surface area (Å²) in [6.45, 7) is 2.19. The van der Waals surface area contributed by atoms with Crippen molar-refractivity contribution in [3.05, 3.63) is 77.1 Å². The fourth-order valence-electron chi connectivity index (χ4n) is 2.85. The number of methoxy groups -OCH3 is 1. The van der Waals surface area contributed by atoms with E-state index < -0.39 is 11.7 Å². The van der Waals surface area contributed by atoms with E-state index in [9.17, 15) is 14.0 Å². The number of hydrogen-bond acceptors (Lipinski definition) is 5. The Balaban J connectivity index is 1.60. The molecule has 0 fully saturated rings. The molecule has 0 aliphatic rings. The predicted molar refractivity (Wildman–Crippen MR) is 124 cm³/mol. The summed E-state index contributed by atoms with van der Waals surface area (Å²) in [5.74, 6) is -0.117. The van der Waals surface area contributed by atoms with Crippen LogP contribution in [0.3, 0.4) is 0 Å². The van der Waals surface area contributed by atoms with Crippen LogP contribution < -0.4 is 24.8 Å². The van der Waals surface area contributed by atoms with E-state index in [4.69, 9.17) is 25.8 Å². The summed E-state index contributed by atoms with van der Waals surface area (Å²) in [7, 11) is 1.42. The van der Waals surface area contributed by atoms with Crippen molar-refractivity contribution in [2.24, 2.45) is 0 Å². The van der Waals surface area contributed by atoms with Crippen molar-refractivity contribution in [1.29, 1.82) is 0 Å². The highest BCUT2D eigenvalue weighted by Crippen LogP contribution is 2.29. The molecule has 0 saturated heterocycles. The predicted octanol–water partition coefficient (Wildman–Crippen LogP) is 5.16. The number of carbonyl (C=O) groups is 2. The smallest absolute Gasteiger partial charge is 0.262 e. The van der Waals surface area contributed by atoms with Crippen LogP contribution in [-0.2, 0) is 4.79 Å². The Morgan fingerprint density at radius 2 is 1.64 bits per heavy atom. The molecule has 0 aliphatic heterocycles. The average molecular weight is 473 g/mol. The number of hydrogen-bond donors (Lipinski definition) is 2. The van der Waals surface area contributed by atoms with E-state index in [0.29, 0.717) is 29.5 Å². The van der Waals surface area contributed by atoms with E-state index >= 15 is 0 Å². The van der Waals surface area contributed by atoms with Crippen LogP contribution in [0.15, 0.2) is 60.7 Å².